The van der Waals surface area contributed by atoms with E-state index in [1.165, 1.54) is 3.97 Å². The van der Waals surface area contributed by atoms with Crippen LogP contribution in [0, 0.1) is 6.92 Å². The summed E-state index contributed by atoms with van der Waals surface area (Å²) in [5, 5.41) is 15.2. The Balaban J connectivity index is 1.57. The number of nitrogens with one attached hydrogen (secondary N) is 1. The maximum Gasteiger partial charge on any atom is 0.268 e. The molecule has 186 valence electrons. The first-order chi connectivity index (χ1) is 17.3. The van der Waals surface area contributed by atoms with Crippen LogP contribution in [0.2, 0.25) is 0 Å². The lowest BCUT2D eigenvalue weighted by molar-refractivity contribution is 0.354. The van der Waals surface area contributed by atoms with Crippen LogP contribution in [-0.4, -0.2) is 44.5 Å². The van der Waals surface area contributed by atoms with Crippen molar-refractivity contribution in [3.8, 4) is 17.2 Å². The third-order valence-electron chi connectivity index (χ3n) is 6.36. The van der Waals surface area contributed by atoms with Gasteiger partial charge in [-0.3, -0.25) is 4.99 Å². The number of nitrogens with zero attached hydrogens (tertiary/aromatic N) is 2. The average molecular weight is 506 g/mol. The van der Waals surface area contributed by atoms with Gasteiger partial charge in [0.2, 0.25) is 0 Å². The summed E-state index contributed by atoms with van der Waals surface area (Å²) in [6, 6.07) is 14.0. The molecule has 1 aromatic heterocycles. The fourth-order valence-electron chi connectivity index (χ4n) is 4.48. The van der Waals surface area contributed by atoms with Gasteiger partial charge in [0.15, 0.2) is 17.2 Å². The van der Waals surface area contributed by atoms with Gasteiger partial charge in [0.25, 0.3) is 10.0 Å². The predicted octanol–water partition coefficient (Wildman–Crippen LogP) is 4.82. The maximum absolute atomic E-state index is 13.6. The first-order valence-corrected chi connectivity index (χ1v) is 13.0. The van der Waals surface area contributed by atoms with Crippen molar-refractivity contribution >= 4 is 38.5 Å². The predicted molar refractivity (Wildman–Crippen MR) is 141 cm³/mol. The molecule has 0 unspecified atom stereocenters. The summed E-state index contributed by atoms with van der Waals surface area (Å²) in [4.78, 5) is 4.66. The van der Waals surface area contributed by atoms with E-state index in [1.54, 1.807) is 57.0 Å². The third-order valence-corrected chi connectivity index (χ3v) is 8.04. The van der Waals surface area contributed by atoms with Gasteiger partial charge >= 0.3 is 0 Å². The molecular formula is C27H27N3O5S. The zero-order chi connectivity index (χ0) is 25.4. The van der Waals surface area contributed by atoms with Crippen molar-refractivity contribution in [1.29, 1.82) is 0 Å². The van der Waals surface area contributed by atoms with Crippen molar-refractivity contribution in [2.45, 2.75) is 24.7 Å². The molecule has 0 amide bonds. The monoisotopic (exact) mass is 505 g/mol. The van der Waals surface area contributed by atoms with E-state index in [9.17, 15) is 13.5 Å². The van der Waals surface area contributed by atoms with Crippen molar-refractivity contribution in [3.05, 3.63) is 71.4 Å². The Kier molecular flexibility index (Phi) is 6.09. The van der Waals surface area contributed by atoms with Gasteiger partial charge in [-0.05, 0) is 54.8 Å². The Morgan fingerprint density at radius 1 is 1.08 bits per heavy atom. The molecule has 5 rings (SSSR count). The van der Waals surface area contributed by atoms with Gasteiger partial charge in [-0.1, -0.05) is 23.8 Å². The highest BCUT2D eigenvalue weighted by atomic mass is 32.2. The molecule has 0 atom stereocenters. The minimum absolute atomic E-state index is 0.159. The van der Waals surface area contributed by atoms with Crippen molar-refractivity contribution in [3.63, 3.8) is 0 Å². The molecule has 0 saturated heterocycles. The van der Waals surface area contributed by atoms with Crippen LogP contribution in [0.1, 0.15) is 16.7 Å². The molecule has 9 heteroatoms. The molecular weight excluding hydrogens is 478 g/mol. The zero-order valence-electron chi connectivity index (χ0n) is 20.3. The SMILES string of the molecule is COc1ccc(CC=Nc2cc3c4c(cn(S(=O)(=O)c5ccc(C)cc5)c4c2O)CCN3)cc1OC. The number of phenols is 1. The summed E-state index contributed by atoms with van der Waals surface area (Å²) < 4.78 is 39.0. The van der Waals surface area contributed by atoms with Gasteiger partial charge in [0.05, 0.1) is 19.1 Å². The van der Waals surface area contributed by atoms with Crippen LogP contribution in [0.3, 0.4) is 0 Å². The van der Waals surface area contributed by atoms with Gasteiger partial charge in [-0.2, -0.15) is 0 Å². The molecule has 1 aliphatic rings. The molecule has 0 saturated carbocycles. The molecule has 0 radical (unpaired) electrons. The molecule has 4 aromatic rings. The van der Waals surface area contributed by atoms with E-state index in [2.05, 4.69) is 10.3 Å². The van der Waals surface area contributed by atoms with Gasteiger partial charge in [-0.25, -0.2) is 12.4 Å². The second kappa shape index (κ2) is 9.23. The molecule has 0 aliphatic carbocycles. The molecule has 8 nitrogen and oxygen atoms in total. The molecule has 0 spiro atoms. The van der Waals surface area contributed by atoms with Crippen LogP contribution < -0.4 is 14.8 Å². The van der Waals surface area contributed by atoms with E-state index in [0.29, 0.717) is 36.3 Å². The van der Waals surface area contributed by atoms with Gasteiger partial charge in [0.1, 0.15) is 11.2 Å². The summed E-state index contributed by atoms with van der Waals surface area (Å²) in [6.07, 6.45) is 4.43. The molecule has 0 fully saturated rings. The van der Waals surface area contributed by atoms with Gasteiger partial charge < -0.3 is 19.9 Å². The van der Waals surface area contributed by atoms with Crippen molar-refractivity contribution in [2.75, 3.05) is 26.1 Å². The number of hydrogen-bond donors (Lipinski definition) is 2. The lowest BCUT2D eigenvalue weighted by atomic mass is 10.0. The van der Waals surface area contributed by atoms with Crippen molar-refractivity contribution in [2.24, 2.45) is 4.99 Å². The Labute approximate surface area is 209 Å². The Morgan fingerprint density at radius 3 is 2.56 bits per heavy atom. The van der Waals surface area contributed by atoms with Crippen LogP contribution in [0.5, 0.6) is 17.2 Å². The second-order valence-corrected chi connectivity index (χ2v) is 10.5. The first-order valence-electron chi connectivity index (χ1n) is 11.5. The number of benzene rings is 3. The Morgan fingerprint density at radius 2 is 1.83 bits per heavy atom. The van der Waals surface area contributed by atoms with Crippen LogP contribution >= 0.6 is 0 Å². The molecule has 0 bridgehead atoms. The fourth-order valence-corrected chi connectivity index (χ4v) is 5.88. The zero-order valence-corrected chi connectivity index (χ0v) is 21.1. The van der Waals surface area contributed by atoms with E-state index >= 15 is 0 Å². The minimum atomic E-state index is -3.93. The average Bonchev–Trinajstić information content (AvgIpc) is 3.29. The summed E-state index contributed by atoms with van der Waals surface area (Å²) in [5.41, 5.74) is 4.05. The number of anilines is 1. The van der Waals surface area contributed by atoms with Crippen LogP contribution in [0.25, 0.3) is 10.9 Å². The normalized spacial score (nSPS) is 13.2. The maximum atomic E-state index is 13.6. The van der Waals surface area contributed by atoms with Crippen LogP contribution in [-0.2, 0) is 22.9 Å². The van der Waals surface area contributed by atoms with E-state index < -0.39 is 10.0 Å². The van der Waals surface area contributed by atoms with E-state index in [4.69, 9.17) is 9.47 Å². The number of ether oxygens (including phenoxy) is 2. The standard InChI is InChI=1S/C27H27N3O5S/c1-17-4-7-20(8-5-17)36(32,33)30-16-19-11-13-28-21-15-22(27(31)26(30)25(19)21)29-12-10-18-6-9-23(34-2)24(14-18)35-3/h4-9,12,14-16,28,31H,10-11,13H2,1-3H3. The quantitative estimate of drug-likeness (QED) is 0.276. The number of aryl methyl sites for hydroxylation is 1. The molecule has 36 heavy (non-hydrogen) atoms. The third kappa shape index (κ3) is 4.05. The topological polar surface area (TPSA) is 102 Å². The largest absolute Gasteiger partial charge is 0.504 e. The lowest BCUT2D eigenvalue weighted by Crippen LogP contribution is -2.12. The number of aromatic hydroxyl groups is 1. The highest BCUT2D eigenvalue weighted by Crippen LogP contribution is 2.44. The number of hydrogen-bond acceptors (Lipinski definition) is 7. The Hall–Kier alpha value is -3.98. The van der Waals surface area contributed by atoms with E-state index in [1.807, 2.05) is 25.1 Å². The smallest absolute Gasteiger partial charge is 0.268 e. The van der Waals surface area contributed by atoms with Crippen molar-refractivity contribution in [1.82, 2.24) is 3.97 Å². The number of rotatable bonds is 7. The fraction of sp³-hybridized carbons (Fsp3) is 0.222. The first kappa shape index (κ1) is 23.7. The lowest BCUT2D eigenvalue weighted by Gasteiger charge is -2.16. The minimum Gasteiger partial charge on any atom is -0.504 e. The number of aromatic nitrogens is 1. The second-order valence-electron chi connectivity index (χ2n) is 8.67. The summed E-state index contributed by atoms with van der Waals surface area (Å²) in [5.74, 6) is 1.08. The number of phenolic OH excluding ortho intramolecular Hbond substituents is 1. The van der Waals surface area contributed by atoms with E-state index in [-0.39, 0.29) is 21.8 Å². The van der Waals surface area contributed by atoms with Gasteiger partial charge in [-0.15, -0.1) is 0 Å². The molecule has 2 N–H and O–H groups in total. The number of methoxy groups -OCH3 is 2. The highest BCUT2D eigenvalue weighted by molar-refractivity contribution is 7.90. The molecule has 2 heterocycles. The van der Waals surface area contributed by atoms with Crippen LogP contribution in [0.4, 0.5) is 11.4 Å². The summed E-state index contributed by atoms with van der Waals surface area (Å²) in [7, 11) is -0.765. The Bertz CT molecular complexity index is 1590. The molecule has 1 aliphatic heterocycles. The van der Waals surface area contributed by atoms with Crippen LogP contribution in [0.15, 0.2) is 64.6 Å². The summed E-state index contributed by atoms with van der Waals surface area (Å²) in [6.45, 7) is 2.56. The number of aliphatic imine (C=N–C) groups is 1. The van der Waals surface area contributed by atoms with E-state index in [0.717, 1.165) is 22.4 Å². The molecule has 3 aromatic carbocycles. The van der Waals surface area contributed by atoms with Crippen molar-refractivity contribution < 1.29 is 23.0 Å². The highest BCUT2D eigenvalue weighted by Gasteiger charge is 2.28. The summed E-state index contributed by atoms with van der Waals surface area (Å²) >= 11 is 0. The van der Waals surface area contributed by atoms with Gasteiger partial charge in [0, 0.05) is 36.5 Å².